The molecule has 22 heavy (non-hydrogen) atoms. The molecule has 0 unspecified atom stereocenters. The molecule has 1 N–H and O–H groups in total. The lowest BCUT2D eigenvalue weighted by Crippen LogP contribution is -2.16. The van der Waals surface area contributed by atoms with Gasteiger partial charge in [-0.1, -0.05) is 34.6 Å². The highest BCUT2D eigenvalue weighted by molar-refractivity contribution is 5.88. The normalized spacial score (nSPS) is 10.1. The monoisotopic (exact) mass is 312 g/mol. The van der Waals surface area contributed by atoms with Crippen molar-refractivity contribution in [1.29, 1.82) is 0 Å². The van der Waals surface area contributed by atoms with E-state index in [2.05, 4.69) is 10.1 Å². The van der Waals surface area contributed by atoms with Crippen molar-refractivity contribution in [3.63, 3.8) is 0 Å². The third kappa shape index (κ3) is 4.91. The molecule has 0 aliphatic heterocycles. The van der Waals surface area contributed by atoms with E-state index in [-0.39, 0.29) is 22.5 Å². The standard InChI is InChI=1S/C13H18N2O5.C2H6/c1-13(2,3)8-6-9(14-12(16)20-5)11(19-4)10(7-8)15(17)18;1-2/h6-7H,1-5H3,(H,14,16);1-2H3. The molecule has 0 bridgehead atoms. The summed E-state index contributed by atoms with van der Waals surface area (Å²) in [6.07, 6.45) is -0.719. The van der Waals surface area contributed by atoms with Gasteiger partial charge in [-0.2, -0.15) is 0 Å². The summed E-state index contributed by atoms with van der Waals surface area (Å²) >= 11 is 0. The van der Waals surface area contributed by atoms with Crippen molar-refractivity contribution in [3.05, 3.63) is 27.8 Å². The summed E-state index contributed by atoms with van der Waals surface area (Å²) < 4.78 is 9.54. The van der Waals surface area contributed by atoms with Crippen LogP contribution in [-0.4, -0.2) is 25.2 Å². The van der Waals surface area contributed by atoms with Crippen molar-refractivity contribution in [2.24, 2.45) is 0 Å². The molecular weight excluding hydrogens is 288 g/mol. The molecule has 1 aromatic carbocycles. The molecule has 0 saturated heterocycles. The molecule has 0 radical (unpaired) electrons. The van der Waals surface area contributed by atoms with Crippen LogP contribution in [0.3, 0.4) is 0 Å². The zero-order valence-corrected chi connectivity index (χ0v) is 14.1. The molecule has 0 heterocycles. The first kappa shape index (κ1) is 19.7. The number of anilines is 1. The molecule has 1 amide bonds. The van der Waals surface area contributed by atoms with Crippen LogP contribution in [0.15, 0.2) is 12.1 Å². The number of rotatable bonds is 3. The average Bonchev–Trinajstić information content (AvgIpc) is 2.47. The van der Waals surface area contributed by atoms with Crippen LogP contribution in [0.4, 0.5) is 16.2 Å². The highest BCUT2D eigenvalue weighted by Crippen LogP contribution is 2.39. The summed E-state index contributed by atoms with van der Waals surface area (Å²) in [5.74, 6) is -0.00611. The Morgan fingerprint density at radius 2 is 1.77 bits per heavy atom. The summed E-state index contributed by atoms with van der Waals surface area (Å²) in [4.78, 5) is 21.9. The number of hydrogen-bond acceptors (Lipinski definition) is 5. The summed E-state index contributed by atoms with van der Waals surface area (Å²) in [6.45, 7) is 9.75. The molecule has 7 nitrogen and oxygen atoms in total. The van der Waals surface area contributed by atoms with Gasteiger partial charge in [-0.15, -0.1) is 0 Å². The second kappa shape index (κ2) is 8.21. The summed E-state index contributed by atoms with van der Waals surface area (Å²) in [7, 11) is 2.52. The Kier molecular flexibility index (Phi) is 7.35. The maximum Gasteiger partial charge on any atom is 0.411 e. The summed E-state index contributed by atoms with van der Waals surface area (Å²) in [6, 6.07) is 3.09. The SMILES string of the molecule is CC.COC(=O)Nc1cc(C(C)(C)C)cc([N+](=O)[O-])c1OC. The number of carbonyl (C=O) groups is 1. The molecule has 7 heteroatoms. The third-order valence-electron chi connectivity index (χ3n) is 2.76. The number of ether oxygens (including phenoxy) is 2. The number of amides is 1. The fraction of sp³-hybridized carbons (Fsp3) is 0.533. The highest BCUT2D eigenvalue weighted by atomic mass is 16.6. The fourth-order valence-electron chi connectivity index (χ4n) is 1.65. The minimum absolute atomic E-state index is 0.00611. The predicted molar refractivity (Wildman–Crippen MR) is 85.7 cm³/mol. The first-order valence-electron chi connectivity index (χ1n) is 6.92. The molecule has 1 rings (SSSR count). The number of nitro groups is 1. The minimum Gasteiger partial charge on any atom is -0.489 e. The van der Waals surface area contributed by atoms with E-state index in [1.807, 2.05) is 34.6 Å². The van der Waals surface area contributed by atoms with Crippen LogP contribution in [0.5, 0.6) is 5.75 Å². The van der Waals surface area contributed by atoms with Crippen molar-refractivity contribution in [1.82, 2.24) is 0 Å². The van der Waals surface area contributed by atoms with Crippen LogP contribution in [0.25, 0.3) is 0 Å². The number of hydrogen-bond donors (Lipinski definition) is 1. The molecule has 0 atom stereocenters. The highest BCUT2D eigenvalue weighted by Gasteiger charge is 2.26. The first-order valence-corrected chi connectivity index (χ1v) is 6.92. The van der Waals surface area contributed by atoms with Gasteiger partial charge in [0.05, 0.1) is 24.8 Å². The summed E-state index contributed by atoms with van der Waals surface area (Å²) in [5.41, 5.74) is 0.394. The first-order chi connectivity index (χ1) is 10.2. The van der Waals surface area contributed by atoms with Gasteiger partial charge in [0.1, 0.15) is 0 Å². The second-order valence-corrected chi connectivity index (χ2v) is 5.20. The van der Waals surface area contributed by atoms with Gasteiger partial charge in [0.15, 0.2) is 0 Å². The molecule has 0 fully saturated rings. The van der Waals surface area contributed by atoms with E-state index >= 15 is 0 Å². The fourth-order valence-corrected chi connectivity index (χ4v) is 1.65. The lowest BCUT2D eigenvalue weighted by atomic mass is 9.86. The molecule has 0 saturated carbocycles. The molecule has 1 aromatic rings. The van der Waals surface area contributed by atoms with E-state index in [9.17, 15) is 14.9 Å². The smallest absolute Gasteiger partial charge is 0.411 e. The largest absolute Gasteiger partial charge is 0.489 e. The van der Waals surface area contributed by atoms with E-state index in [0.29, 0.717) is 5.56 Å². The van der Waals surface area contributed by atoms with Gasteiger partial charge in [-0.25, -0.2) is 4.79 Å². The number of nitrogens with zero attached hydrogens (tertiary/aromatic N) is 1. The Labute approximate surface area is 130 Å². The average molecular weight is 312 g/mol. The van der Waals surface area contributed by atoms with Gasteiger partial charge >= 0.3 is 11.8 Å². The molecule has 0 aliphatic rings. The van der Waals surface area contributed by atoms with Crippen molar-refractivity contribution < 1.29 is 19.2 Å². The molecule has 0 spiro atoms. The quantitative estimate of drug-likeness (QED) is 0.670. The van der Waals surface area contributed by atoms with Crippen molar-refractivity contribution in [2.75, 3.05) is 19.5 Å². The Balaban J connectivity index is 0.00000211. The van der Waals surface area contributed by atoms with E-state index in [1.54, 1.807) is 6.07 Å². The van der Waals surface area contributed by atoms with Crippen LogP contribution in [0.2, 0.25) is 0 Å². The number of nitro benzene ring substituents is 1. The number of benzene rings is 1. The Bertz CT molecular complexity index is 535. The number of carbonyl (C=O) groups excluding carboxylic acids is 1. The minimum atomic E-state index is -0.719. The van der Waals surface area contributed by atoms with Gasteiger partial charge in [-0.05, 0) is 17.0 Å². The van der Waals surface area contributed by atoms with Crippen LogP contribution in [0.1, 0.15) is 40.2 Å². The molecule has 124 valence electrons. The molecular formula is C15H24N2O5. The topological polar surface area (TPSA) is 90.7 Å². The maximum atomic E-state index is 11.3. The Morgan fingerprint density at radius 3 is 2.14 bits per heavy atom. The second-order valence-electron chi connectivity index (χ2n) is 5.20. The number of nitrogens with one attached hydrogen (secondary N) is 1. The number of methoxy groups -OCH3 is 2. The van der Waals surface area contributed by atoms with Crippen LogP contribution < -0.4 is 10.1 Å². The zero-order valence-electron chi connectivity index (χ0n) is 14.1. The van der Waals surface area contributed by atoms with Gasteiger partial charge in [0.2, 0.25) is 5.75 Å². The van der Waals surface area contributed by atoms with E-state index in [4.69, 9.17) is 4.74 Å². The van der Waals surface area contributed by atoms with E-state index in [1.165, 1.54) is 20.3 Å². The predicted octanol–water partition coefficient (Wildman–Crippen LogP) is 4.11. The lowest BCUT2D eigenvalue weighted by Gasteiger charge is -2.21. The lowest BCUT2D eigenvalue weighted by molar-refractivity contribution is -0.385. The van der Waals surface area contributed by atoms with Crippen LogP contribution in [0, 0.1) is 10.1 Å². The van der Waals surface area contributed by atoms with Crippen molar-refractivity contribution in [3.8, 4) is 5.75 Å². The van der Waals surface area contributed by atoms with Gasteiger partial charge < -0.3 is 9.47 Å². The van der Waals surface area contributed by atoms with Gasteiger partial charge in [0.25, 0.3) is 0 Å². The van der Waals surface area contributed by atoms with E-state index < -0.39 is 11.0 Å². The van der Waals surface area contributed by atoms with Crippen LogP contribution in [-0.2, 0) is 10.2 Å². The van der Waals surface area contributed by atoms with Gasteiger partial charge in [0, 0.05) is 6.07 Å². The Hall–Kier alpha value is -2.31. The van der Waals surface area contributed by atoms with Gasteiger partial charge in [-0.3, -0.25) is 15.4 Å². The summed E-state index contributed by atoms with van der Waals surface area (Å²) in [5, 5.41) is 13.6. The molecule has 0 aliphatic carbocycles. The van der Waals surface area contributed by atoms with Crippen molar-refractivity contribution >= 4 is 17.5 Å². The van der Waals surface area contributed by atoms with Crippen molar-refractivity contribution in [2.45, 2.75) is 40.0 Å². The maximum absolute atomic E-state index is 11.3. The third-order valence-corrected chi connectivity index (χ3v) is 2.76. The zero-order chi connectivity index (χ0) is 17.5. The van der Waals surface area contributed by atoms with E-state index in [0.717, 1.165) is 0 Å². The Morgan fingerprint density at radius 1 is 1.23 bits per heavy atom. The van der Waals surface area contributed by atoms with Crippen LogP contribution >= 0.6 is 0 Å². The molecule has 0 aromatic heterocycles.